The van der Waals surface area contributed by atoms with Crippen molar-refractivity contribution in [3.63, 3.8) is 0 Å². The van der Waals surface area contributed by atoms with Crippen LogP contribution in [0.5, 0.6) is 0 Å². The van der Waals surface area contributed by atoms with Gasteiger partial charge in [0.05, 0.1) is 24.6 Å². The summed E-state index contributed by atoms with van der Waals surface area (Å²) >= 11 is 0. The monoisotopic (exact) mass is 355 g/mol. The summed E-state index contributed by atoms with van der Waals surface area (Å²) in [6, 6.07) is 25.5. The van der Waals surface area contributed by atoms with Gasteiger partial charge in [0.1, 0.15) is 5.69 Å². The van der Waals surface area contributed by atoms with Crippen LogP contribution in [0.4, 0.5) is 0 Å². The van der Waals surface area contributed by atoms with Crippen molar-refractivity contribution in [2.75, 3.05) is 7.11 Å². The van der Waals surface area contributed by atoms with Crippen LogP contribution in [0.2, 0.25) is 0 Å². The third-order valence-corrected chi connectivity index (χ3v) is 4.31. The summed E-state index contributed by atoms with van der Waals surface area (Å²) in [6.07, 6.45) is 1.87. The standard InChI is InChI=1S/C22H17N3O2/c1-27-22(26)18-12-10-17(11-13-18)21-15-25(24-23-21)20-9-5-8-19(14-20)16-6-3-2-4-7-16/h2-15H,1H3. The predicted molar refractivity (Wildman–Crippen MR) is 104 cm³/mol. The van der Waals surface area contributed by atoms with Gasteiger partial charge in [0, 0.05) is 5.56 Å². The second kappa shape index (κ2) is 7.25. The molecule has 0 aliphatic rings. The average Bonchev–Trinajstić information content (AvgIpc) is 3.24. The van der Waals surface area contributed by atoms with E-state index in [1.165, 1.54) is 7.11 Å². The van der Waals surface area contributed by atoms with E-state index in [-0.39, 0.29) is 5.97 Å². The quantitative estimate of drug-likeness (QED) is 0.510. The number of ether oxygens (including phenoxy) is 1. The Morgan fingerprint density at radius 1 is 0.852 bits per heavy atom. The molecule has 0 saturated carbocycles. The number of rotatable bonds is 4. The highest BCUT2D eigenvalue weighted by Gasteiger charge is 2.09. The summed E-state index contributed by atoms with van der Waals surface area (Å²) in [5.74, 6) is -0.358. The SMILES string of the molecule is COC(=O)c1ccc(-c2cn(-c3cccc(-c4ccccc4)c3)nn2)cc1. The number of hydrogen-bond donors (Lipinski definition) is 0. The van der Waals surface area contributed by atoms with E-state index in [1.807, 2.05) is 48.7 Å². The highest BCUT2D eigenvalue weighted by atomic mass is 16.5. The first-order valence-corrected chi connectivity index (χ1v) is 8.51. The van der Waals surface area contributed by atoms with Gasteiger partial charge in [-0.15, -0.1) is 5.10 Å². The summed E-state index contributed by atoms with van der Waals surface area (Å²) < 4.78 is 6.47. The number of aromatic nitrogens is 3. The maximum atomic E-state index is 11.5. The van der Waals surface area contributed by atoms with E-state index >= 15 is 0 Å². The van der Waals surface area contributed by atoms with Crippen LogP contribution in [0, 0.1) is 0 Å². The Kier molecular flexibility index (Phi) is 4.49. The zero-order valence-electron chi connectivity index (χ0n) is 14.7. The van der Waals surface area contributed by atoms with Gasteiger partial charge in [0.25, 0.3) is 0 Å². The molecular weight excluding hydrogens is 338 g/mol. The van der Waals surface area contributed by atoms with Crippen LogP contribution in [0.15, 0.2) is 85.1 Å². The Balaban J connectivity index is 1.62. The van der Waals surface area contributed by atoms with Gasteiger partial charge in [-0.1, -0.05) is 59.8 Å². The second-order valence-corrected chi connectivity index (χ2v) is 6.03. The van der Waals surface area contributed by atoms with Gasteiger partial charge >= 0.3 is 5.97 Å². The summed E-state index contributed by atoms with van der Waals surface area (Å²) in [7, 11) is 1.37. The lowest BCUT2D eigenvalue weighted by Gasteiger charge is -2.05. The first-order valence-electron chi connectivity index (χ1n) is 8.51. The average molecular weight is 355 g/mol. The van der Waals surface area contributed by atoms with Crippen LogP contribution in [-0.2, 0) is 4.74 Å². The fourth-order valence-electron chi connectivity index (χ4n) is 2.88. The van der Waals surface area contributed by atoms with Gasteiger partial charge in [-0.2, -0.15) is 0 Å². The number of benzene rings is 3. The smallest absolute Gasteiger partial charge is 0.337 e. The maximum Gasteiger partial charge on any atom is 0.337 e. The van der Waals surface area contributed by atoms with Crippen molar-refractivity contribution in [2.24, 2.45) is 0 Å². The van der Waals surface area contributed by atoms with Crippen molar-refractivity contribution >= 4 is 5.97 Å². The van der Waals surface area contributed by atoms with Gasteiger partial charge in [-0.25, -0.2) is 9.48 Å². The van der Waals surface area contributed by atoms with Crippen LogP contribution in [-0.4, -0.2) is 28.1 Å². The Morgan fingerprint density at radius 2 is 1.59 bits per heavy atom. The van der Waals surface area contributed by atoms with Crippen LogP contribution in [0.3, 0.4) is 0 Å². The van der Waals surface area contributed by atoms with E-state index < -0.39 is 0 Å². The van der Waals surface area contributed by atoms with Crippen LogP contribution < -0.4 is 0 Å². The van der Waals surface area contributed by atoms with Crippen molar-refractivity contribution < 1.29 is 9.53 Å². The molecule has 4 rings (SSSR count). The van der Waals surface area contributed by atoms with E-state index in [0.717, 1.165) is 28.1 Å². The predicted octanol–water partition coefficient (Wildman–Crippen LogP) is 4.39. The van der Waals surface area contributed by atoms with Gasteiger partial charge in [0.2, 0.25) is 0 Å². The number of nitrogens with zero attached hydrogens (tertiary/aromatic N) is 3. The van der Waals surface area contributed by atoms with Crippen molar-refractivity contribution in [1.29, 1.82) is 0 Å². The Hall–Kier alpha value is -3.73. The highest BCUT2D eigenvalue weighted by Crippen LogP contribution is 2.23. The first kappa shape index (κ1) is 16.7. The molecule has 0 saturated heterocycles. The summed E-state index contributed by atoms with van der Waals surface area (Å²) in [6.45, 7) is 0. The lowest BCUT2D eigenvalue weighted by Crippen LogP contribution is -2.00. The third-order valence-electron chi connectivity index (χ3n) is 4.31. The Morgan fingerprint density at radius 3 is 2.33 bits per heavy atom. The van der Waals surface area contributed by atoms with E-state index in [9.17, 15) is 4.79 Å². The van der Waals surface area contributed by atoms with E-state index in [1.54, 1.807) is 16.8 Å². The number of methoxy groups -OCH3 is 1. The molecule has 0 aliphatic carbocycles. The van der Waals surface area contributed by atoms with Gasteiger partial charge in [-0.05, 0) is 35.4 Å². The molecule has 0 fully saturated rings. The second-order valence-electron chi connectivity index (χ2n) is 6.03. The third kappa shape index (κ3) is 3.48. The Bertz CT molecular complexity index is 1070. The maximum absolute atomic E-state index is 11.5. The number of carbonyl (C=O) groups excluding carboxylic acids is 1. The minimum absolute atomic E-state index is 0.358. The van der Waals surface area contributed by atoms with E-state index in [4.69, 9.17) is 4.74 Å². The van der Waals surface area contributed by atoms with E-state index in [0.29, 0.717) is 5.56 Å². The highest BCUT2D eigenvalue weighted by molar-refractivity contribution is 5.89. The van der Waals surface area contributed by atoms with Crippen molar-refractivity contribution in [2.45, 2.75) is 0 Å². The normalized spacial score (nSPS) is 10.6. The molecule has 5 nitrogen and oxygen atoms in total. The molecule has 0 N–H and O–H groups in total. The molecule has 0 aliphatic heterocycles. The molecule has 0 amide bonds. The minimum Gasteiger partial charge on any atom is -0.465 e. The molecule has 3 aromatic carbocycles. The van der Waals surface area contributed by atoms with Crippen LogP contribution >= 0.6 is 0 Å². The molecule has 0 unspecified atom stereocenters. The molecule has 0 spiro atoms. The van der Waals surface area contributed by atoms with E-state index in [2.05, 4.69) is 34.6 Å². The summed E-state index contributed by atoms with van der Waals surface area (Å²) in [5.41, 5.74) is 5.32. The fourth-order valence-corrected chi connectivity index (χ4v) is 2.88. The lowest BCUT2D eigenvalue weighted by molar-refractivity contribution is 0.0601. The summed E-state index contributed by atoms with van der Waals surface area (Å²) in [5, 5.41) is 8.50. The molecule has 1 aromatic heterocycles. The van der Waals surface area contributed by atoms with Crippen LogP contribution in [0.25, 0.3) is 28.1 Å². The minimum atomic E-state index is -0.358. The molecule has 132 valence electrons. The van der Waals surface area contributed by atoms with Gasteiger partial charge in [0.15, 0.2) is 0 Å². The van der Waals surface area contributed by atoms with Crippen LogP contribution in [0.1, 0.15) is 10.4 Å². The largest absolute Gasteiger partial charge is 0.465 e. The zero-order chi connectivity index (χ0) is 18.6. The molecule has 27 heavy (non-hydrogen) atoms. The van der Waals surface area contributed by atoms with Crippen molar-refractivity contribution in [3.05, 3.63) is 90.6 Å². The fraction of sp³-hybridized carbons (Fsp3) is 0.0455. The molecule has 4 aromatic rings. The zero-order valence-corrected chi connectivity index (χ0v) is 14.7. The summed E-state index contributed by atoms with van der Waals surface area (Å²) in [4.78, 5) is 11.5. The topological polar surface area (TPSA) is 57.0 Å². The molecule has 0 atom stereocenters. The molecular formula is C22H17N3O2. The van der Waals surface area contributed by atoms with Gasteiger partial charge < -0.3 is 4.74 Å². The molecule has 5 heteroatoms. The molecule has 1 heterocycles. The van der Waals surface area contributed by atoms with Crippen molar-refractivity contribution in [1.82, 2.24) is 15.0 Å². The number of carbonyl (C=O) groups is 1. The van der Waals surface area contributed by atoms with Gasteiger partial charge in [-0.3, -0.25) is 0 Å². The first-order chi connectivity index (χ1) is 13.2. The number of hydrogen-bond acceptors (Lipinski definition) is 4. The lowest BCUT2D eigenvalue weighted by atomic mass is 10.1. The molecule has 0 bridgehead atoms. The Labute approximate surface area is 156 Å². The number of esters is 1. The molecule has 0 radical (unpaired) electrons. The van der Waals surface area contributed by atoms with Crippen molar-refractivity contribution in [3.8, 4) is 28.1 Å².